The summed E-state index contributed by atoms with van der Waals surface area (Å²) in [5.74, 6) is 0.175. The Morgan fingerprint density at radius 1 is 1.63 bits per heavy atom. The molecule has 1 aromatic rings. The minimum Gasteiger partial charge on any atom is -0.383 e. The van der Waals surface area contributed by atoms with Crippen LogP contribution in [0.2, 0.25) is 0 Å². The van der Waals surface area contributed by atoms with Crippen LogP contribution in [0.15, 0.2) is 28.3 Å². The number of nitrogens with two attached hydrogens (primary N) is 1. The Hall–Kier alpha value is -2.44. The molecule has 0 atom stereocenters. The number of aliphatic imine (C=N–C) groups is 2. The topological polar surface area (TPSA) is 93.2 Å². The molecular formula is C12H17N5O2. The van der Waals surface area contributed by atoms with E-state index in [1.165, 1.54) is 18.3 Å². The van der Waals surface area contributed by atoms with Gasteiger partial charge in [-0.25, -0.2) is 9.78 Å². The number of amidine groups is 1. The molecule has 1 heterocycles. The van der Waals surface area contributed by atoms with Gasteiger partial charge in [0.05, 0.1) is 5.56 Å². The number of nitrogens with zero attached hydrogens (tertiary/aromatic N) is 4. The zero-order valence-corrected chi connectivity index (χ0v) is 11.2. The maximum atomic E-state index is 11.1. The van der Waals surface area contributed by atoms with Crippen LogP contribution >= 0.6 is 0 Å². The van der Waals surface area contributed by atoms with Crippen molar-refractivity contribution in [3.05, 3.63) is 23.9 Å². The molecule has 7 heteroatoms. The summed E-state index contributed by atoms with van der Waals surface area (Å²) in [7, 11) is 1.57. The molecule has 0 saturated heterocycles. The van der Waals surface area contributed by atoms with Crippen molar-refractivity contribution in [3.8, 4) is 0 Å². The fourth-order valence-electron chi connectivity index (χ4n) is 1.36. The number of carbonyl (C=O) groups is 1. The molecule has 0 aliphatic carbocycles. The van der Waals surface area contributed by atoms with Crippen molar-refractivity contribution in [2.24, 2.45) is 9.98 Å². The highest BCUT2D eigenvalue weighted by Gasteiger charge is 2.17. The number of rotatable bonds is 3. The molecule has 0 radical (unpaired) electrons. The van der Waals surface area contributed by atoms with E-state index >= 15 is 0 Å². The highest BCUT2D eigenvalue weighted by atomic mass is 16.7. The molecule has 0 unspecified atom stereocenters. The first kappa shape index (κ1) is 14.6. The van der Waals surface area contributed by atoms with E-state index in [0.717, 1.165) is 0 Å². The summed E-state index contributed by atoms with van der Waals surface area (Å²) in [6, 6.07) is 3.46. The van der Waals surface area contributed by atoms with E-state index < -0.39 is 5.97 Å². The molecule has 0 spiro atoms. The van der Waals surface area contributed by atoms with Crippen LogP contribution in [-0.4, -0.2) is 41.8 Å². The summed E-state index contributed by atoms with van der Waals surface area (Å²) in [4.78, 5) is 28.3. The van der Waals surface area contributed by atoms with Crippen molar-refractivity contribution in [2.75, 3.05) is 19.3 Å². The van der Waals surface area contributed by atoms with Crippen LogP contribution in [0, 0.1) is 0 Å². The van der Waals surface area contributed by atoms with E-state index in [0.29, 0.717) is 23.8 Å². The molecule has 2 N–H and O–H groups in total. The Morgan fingerprint density at radius 3 is 2.89 bits per heavy atom. The van der Waals surface area contributed by atoms with Crippen molar-refractivity contribution in [2.45, 2.75) is 13.8 Å². The quantitative estimate of drug-likeness (QED) is 0.496. The number of anilines is 1. The van der Waals surface area contributed by atoms with Gasteiger partial charge in [0.25, 0.3) is 0 Å². The lowest BCUT2D eigenvalue weighted by Crippen LogP contribution is -2.33. The maximum absolute atomic E-state index is 11.1. The lowest BCUT2D eigenvalue weighted by atomic mass is 10.2. The van der Waals surface area contributed by atoms with Gasteiger partial charge in [-0.15, -0.1) is 5.06 Å². The normalized spacial score (nSPS) is 11.6. The highest BCUT2D eigenvalue weighted by Crippen LogP contribution is 2.11. The van der Waals surface area contributed by atoms with E-state index in [4.69, 9.17) is 10.6 Å². The zero-order valence-electron chi connectivity index (χ0n) is 11.2. The van der Waals surface area contributed by atoms with E-state index in [9.17, 15) is 4.79 Å². The molecule has 19 heavy (non-hydrogen) atoms. The number of nitrogen functional groups attached to an aromatic ring is 1. The summed E-state index contributed by atoms with van der Waals surface area (Å²) in [6.45, 7) is 3.72. The molecule has 0 bridgehead atoms. The van der Waals surface area contributed by atoms with Crippen molar-refractivity contribution in [3.63, 3.8) is 0 Å². The van der Waals surface area contributed by atoms with Gasteiger partial charge >= 0.3 is 5.97 Å². The van der Waals surface area contributed by atoms with Crippen molar-refractivity contribution in [1.29, 1.82) is 0 Å². The van der Waals surface area contributed by atoms with Crippen molar-refractivity contribution >= 4 is 24.0 Å². The molecule has 0 aromatic carbocycles. The molecule has 7 nitrogen and oxygen atoms in total. The van der Waals surface area contributed by atoms with Crippen LogP contribution in [0.3, 0.4) is 0 Å². The Kier molecular flexibility index (Phi) is 5.46. The lowest BCUT2D eigenvalue weighted by molar-refractivity contribution is -0.158. The number of aromatic nitrogens is 1. The average molecular weight is 263 g/mol. The number of hydrogen-bond acceptors (Lipinski definition) is 6. The smallest absolute Gasteiger partial charge is 0.330 e. The number of carbonyl (C=O) groups excluding carboxylic acids is 1. The fraction of sp³-hybridized carbons (Fsp3) is 0.333. The third kappa shape index (κ3) is 4.06. The van der Waals surface area contributed by atoms with Gasteiger partial charge in [0.15, 0.2) is 5.84 Å². The van der Waals surface area contributed by atoms with Crippen LogP contribution in [0.25, 0.3) is 0 Å². The molecule has 1 aromatic heterocycles. The van der Waals surface area contributed by atoms with Crippen LogP contribution in [-0.2, 0) is 9.63 Å². The van der Waals surface area contributed by atoms with Crippen LogP contribution < -0.4 is 5.73 Å². The largest absolute Gasteiger partial charge is 0.383 e. The van der Waals surface area contributed by atoms with E-state index in [1.807, 2.05) is 6.92 Å². The van der Waals surface area contributed by atoms with Crippen molar-refractivity contribution < 1.29 is 9.63 Å². The molecular weight excluding hydrogens is 246 g/mol. The van der Waals surface area contributed by atoms with Gasteiger partial charge in [0.1, 0.15) is 12.2 Å². The highest BCUT2D eigenvalue weighted by molar-refractivity contribution is 6.06. The van der Waals surface area contributed by atoms with Gasteiger partial charge in [-0.1, -0.05) is 0 Å². The average Bonchev–Trinajstić information content (AvgIpc) is 2.38. The lowest BCUT2D eigenvalue weighted by Gasteiger charge is -2.19. The van der Waals surface area contributed by atoms with Crippen LogP contribution in [0.1, 0.15) is 19.4 Å². The third-order valence-electron chi connectivity index (χ3n) is 2.10. The Balaban J connectivity index is 3.13. The predicted molar refractivity (Wildman–Crippen MR) is 73.7 cm³/mol. The van der Waals surface area contributed by atoms with Gasteiger partial charge in [-0.05, 0) is 19.1 Å². The molecule has 102 valence electrons. The SMILES string of the molecule is CCN=CN(OC(C)=O)C(=NC)c1cccnc1N. The maximum Gasteiger partial charge on any atom is 0.330 e. The van der Waals surface area contributed by atoms with Crippen LogP contribution in [0.4, 0.5) is 5.82 Å². The van der Waals surface area contributed by atoms with Gasteiger partial charge in [0, 0.05) is 26.7 Å². The second kappa shape index (κ2) is 7.10. The molecule has 0 fully saturated rings. The minimum atomic E-state index is -0.480. The minimum absolute atomic E-state index is 0.296. The summed E-state index contributed by atoms with van der Waals surface area (Å²) in [5, 5.41) is 1.18. The Bertz CT molecular complexity index is 499. The molecule has 1 rings (SSSR count). The molecule has 0 amide bonds. The van der Waals surface area contributed by atoms with Gasteiger partial charge in [0.2, 0.25) is 0 Å². The molecule has 0 aliphatic rings. The Labute approximate surface area is 111 Å². The number of hydrogen-bond donors (Lipinski definition) is 1. The fourth-order valence-corrected chi connectivity index (χ4v) is 1.36. The standard InChI is InChI=1S/C12H17N5O2/c1-4-15-8-17(19-9(2)18)12(14-3)10-6-5-7-16-11(10)13/h5-8H,4H2,1-3H3,(H2,13,16). The Morgan fingerprint density at radius 2 is 2.37 bits per heavy atom. The first-order valence-corrected chi connectivity index (χ1v) is 5.75. The molecule has 0 saturated carbocycles. The number of pyridine rings is 1. The first-order valence-electron chi connectivity index (χ1n) is 5.75. The van der Waals surface area contributed by atoms with E-state index in [2.05, 4.69) is 15.0 Å². The van der Waals surface area contributed by atoms with Crippen molar-refractivity contribution in [1.82, 2.24) is 10.0 Å². The van der Waals surface area contributed by atoms with Gasteiger partial charge in [-0.2, -0.15) is 0 Å². The zero-order chi connectivity index (χ0) is 14.3. The van der Waals surface area contributed by atoms with E-state index in [-0.39, 0.29) is 0 Å². The summed E-state index contributed by atoms with van der Waals surface area (Å²) in [6.07, 6.45) is 2.96. The predicted octanol–water partition coefficient (Wildman–Crippen LogP) is 0.869. The summed E-state index contributed by atoms with van der Waals surface area (Å²) in [5.41, 5.74) is 6.35. The first-order chi connectivity index (χ1) is 9.10. The number of hydroxylamine groups is 2. The molecule has 0 aliphatic heterocycles. The summed E-state index contributed by atoms with van der Waals surface area (Å²) >= 11 is 0. The monoisotopic (exact) mass is 263 g/mol. The third-order valence-corrected chi connectivity index (χ3v) is 2.10. The van der Waals surface area contributed by atoms with Gasteiger partial charge < -0.3 is 10.6 Å². The summed E-state index contributed by atoms with van der Waals surface area (Å²) < 4.78 is 0. The second-order valence-corrected chi connectivity index (χ2v) is 3.51. The van der Waals surface area contributed by atoms with Gasteiger partial charge in [-0.3, -0.25) is 9.98 Å². The van der Waals surface area contributed by atoms with Crippen LogP contribution in [0.5, 0.6) is 0 Å². The van der Waals surface area contributed by atoms with E-state index in [1.54, 1.807) is 25.4 Å². The second-order valence-electron chi connectivity index (χ2n) is 3.51.